The Labute approximate surface area is 105 Å². The normalized spacial score (nSPS) is 15.8. The summed E-state index contributed by atoms with van der Waals surface area (Å²) in [6, 6.07) is 0. The maximum Gasteiger partial charge on any atom is 0.533 e. The molecule has 0 aliphatic carbocycles. The van der Waals surface area contributed by atoms with Crippen molar-refractivity contribution >= 4 is 18.0 Å². The number of allylic oxidation sites excluding steroid dienone is 1. The fourth-order valence-corrected chi connectivity index (χ4v) is 1.46. The van der Waals surface area contributed by atoms with Crippen LogP contribution in [0.15, 0.2) is 12.7 Å². The van der Waals surface area contributed by atoms with Crippen molar-refractivity contribution in [3.63, 3.8) is 0 Å². The van der Waals surface area contributed by atoms with E-state index in [-0.39, 0.29) is 24.9 Å². The molecule has 100 valence electrons. The number of hydrogen-bond donors (Lipinski definition) is 0. The van der Waals surface area contributed by atoms with Crippen molar-refractivity contribution in [2.45, 2.75) is 33.1 Å². The van der Waals surface area contributed by atoms with Gasteiger partial charge >= 0.3 is 6.16 Å². The Hall–Kier alpha value is -1.85. The number of imide groups is 1. The van der Waals surface area contributed by atoms with Crippen LogP contribution in [0.1, 0.15) is 33.1 Å². The van der Waals surface area contributed by atoms with Gasteiger partial charge in [-0.05, 0) is 6.42 Å². The fraction of sp³-hybridized carbons (Fsp3) is 0.583. The molecule has 0 atom stereocenters. The Kier molecular flexibility index (Phi) is 4.47. The Balaban J connectivity index is 2.40. The topological polar surface area (TPSA) is 72.9 Å². The Morgan fingerprint density at radius 3 is 2.44 bits per heavy atom. The summed E-state index contributed by atoms with van der Waals surface area (Å²) in [5.74, 6) is -1.05. The average molecular weight is 255 g/mol. The largest absolute Gasteiger partial charge is 0.533 e. The van der Waals surface area contributed by atoms with E-state index in [1.54, 1.807) is 6.08 Å². The van der Waals surface area contributed by atoms with E-state index in [1.807, 2.05) is 13.8 Å². The first-order valence-electron chi connectivity index (χ1n) is 5.67. The minimum absolute atomic E-state index is 0.0636. The van der Waals surface area contributed by atoms with Crippen LogP contribution in [-0.4, -0.2) is 29.6 Å². The van der Waals surface area contributed by atoms with Crippen molar-refractivity contribution < 1.29 is 24.0 Å². The standard InChI is InChI=1S/C12H17NO5/c1-4-7-12(2,3)8-17-11(16)18-13-9(14)5-6-10(13)15/h4H,1,5-8H2,2-3H3. The molecular weight excluding hydrogens is 238 g/mol. The predicted octanol–water partition coefficient (Wildman–Crippen LogP) is 1.81. The number of rotatable bonds is 5. The zero-order valence-electron chi connectivity index (χ0n) is 10.6. The summed E-state index contributed by atoms with van der Waals surface area (Å²) in [4.78, 5) is 38.2. The minimum atomic E-state index is -1.05. The first-order valence-corrected chi connectivity index (χ1v) is 5.67. The van der Waals surface area contributed by atoms with E-state index in [0.717, 1.165) is 0 Å². The molecule has 0 saturated carbocycles. The van der Waals surface area contributed by atoms with Crippen LogP contribution in [0.4, 0.5) is 4.79 Å². The van der Waals surface area contributed by atoms with Crippen LogP contribution in [0.3, 0.4) is 0 Å². The number of hydroxylamine groups is 2. The molecule has 0 spiro atoms. The highest BCUT2D eigenvalue weighted by molar-refractivity contribution is 6.01. The molecule has 0 bridgehead atoms. The fourth-order valence-electron chi connectivity index (χ4n) is 1.46. The first-order chi connectivity index (χ1) is 8.35. The lowest BCUT2D eigenvalue weighted by atomic mass is 9.91. The monoisotopic (exact) mass is 255 g/mol. The van der Waals surface area contributed by atoms with Crippen LogP contribution in [-0.2, 0) is 19.2 Å². The van der Waals surface area contributed by atoms with Crippen LogP contribution in [0.2, 0.25) is 0 Å². The molecule has 0 aromatic rings. The van der Waals surface area contributed by atoms with E-state index in [9.17, 15) is 14.4 Å². The van der Waals surface area contributed by atoms with Crippen LogP contribution in [0.5, 0.6) is 0 Å². The molecule has 1 saturated heterocycles. The van der Waals surface area contributed by atoms with E-state index in [1.165, 1.54) is 0 Å². The molecule has 1 fully saturated rings. The smallest absolute Gasteiger partial charge is 0.432 e. The number of hydrogen-bond acceptors (Lipinski definition) is 5. The van der Waals surface area contributed by atoms with E-state index in [0.29, 0.717) is 11.5 Å². The molecule has 18 heavy (non-hydrogen) atoms. The molecule has 0 aromatic heterocycles. The second-order valence-electron chi connectivity index (χ2n) is 4.87. The van der Waals surface area contributed by atoms with Crippen molar-refractivity contribution in [1.82, 2.24) is 5.06 Å². The second kappa shape index (κ2) is 5.66. The van der Waals surface area contributed by atoms with E-state index < -0.39 is 18.0 Å². The molecule has 6 heteroatoms. The van der Waals surface area contributed by atoms with Crippen molar-refractivity contribution in [2.24, 2.45) is 5.41 Å². The third-order valence-corrected chi connectivity index (χ3v) is 2.45. The first kappa shape index (κ1) is 14.2. The maximum atomic E-state index is 11.3. The van der Waals surface area contributed by atoms with Crippen LogP contribution in [0, 0.1) is 5.41 Å². The van der Waals surface area contributed by atoms with Gasteiger partial charge in [-0.25, -0.2) is 4.79 Å². The third-order valence-electron chi connectivity index (χ3n) is 2.45. The summed E-state index contributed by atoms with van der Waals surface area (Å²) < 4.78 is 4.86. The summed E-state index contributed by atoms with van der Waals surface area (Å²) in [5.41, 5.74) is -0.264. The van der Waals surface area contributed by atoms with E-state index in [4.69, 9.17) is 4.74 Å². The zero-order valence-corrected chi connectivity index (χ0v) is 10.6. The Morgan fingerprint density at radius 2 is 1.94 bits per heavy atom. The molecule has 1 rings (SSSR count). The molecule has 0 radical (unpaired) electrons. The Bertz CT molecular complexity index is 359. The Morgan fingerprint density at radius 1 is 1.39 bits per heavy atom. The quantitative estimate of drug-likeness (QED) is 0.425. The predicted molar refractivity (Wildman–Crippen MR) is 62.1 cm³/mol. The lowest BCUT2D eigenvalue weighted by Gasteiger charge is -2.22. The molecule has 1 aliphatic heterocycles. The summed E-state index contributed by atoms with van der Waals surface area (Å²) in [7, 11) is 0. The summed E-state index contributed by atoms with van der Waals surface area (Å²) in [6.07, 6.45) is 1.47. The molecule has 0 aromatic carbocycles. The van der Waals surface area contributed by atoms with Crippen LogP contribution in [0.25, 0.3) is 0 Å². The summed E-state index contributed by atoms with van der Waals surface area (Å²) in [5, 5.41) is 0.461. The maximum absolute atomic E-state index is 11.3. The lowest BCUT2D eigenvalue weighted by molar-refractivity contribution is -0.177. The van der Waals surface area contributed by atoms with Gasteiger partial charge in [-0.1, -0.05) is 25.0 Å². The van der Waals surface area contributed by atoms with Gasteiger partial charge in [-0.2, -0.15) is 0 Å². The molecule has 0 N–H and O–H groups in total. The van der Waals surface area contributed by atoms with Gasteiger partial charge in [-0.3, -0.25) is 14.4 Å². The summed E-state index contributed by atoms with van der Waals surface area (Å²) in [6.45, 7) is 7.52. The number of ether oxygens (including phenoxy) is 1. The molecule has 2 amide bonds. The number of carbonyl (C=O) groups excluding carboxylic acids is 3. The van der Waals surface area contributed by atoms with Crippen molar-refractivity contribution in [3.05, 3.63) is 12.7 Å². The number of carbonyl (C=O) groups is 3. The van der Waals surface area contributed by atoms with Crippen molar-refractivity contribution in [1.29, 1.82) is 0 Å². The van der Waals surface area contributed by atoms with Gasteiger partial charge < -0.3 is 4.74 Å². The van der Waals surface area contributed by atoms with Gasteiger partial charge in [-0.15, -0.1) is 6.58 Å². The number of amides is 2. The molecule has 1 heterocycles. The molecule has 0 unspecified atom stereocenters. The SMILES string of the molecule is C=CCC(C)(C)COC(=O)ON1C(=O)CCC1=O. The van der Waals surface area contributed by atoms with Gasteiger partial charge in [0, 0.05) is 18.3 Å². The van der Waals surface area contributed by atoms with Crippen molar-refractivity contribution in [2.75, 3.05) is 6.61 Å². The van der Waals surface area contributed by atoms with Crippen molar-refractivity contribution in [3.8, 4) is 0 Å². The highest BCUT2D eigenvalue weighted by Crippen LogP contribution is 2.21. The van der Waals surface area contributed by atoms with Gasteiger partial charge in [0.2, 0.25) is 0 Å². The average Bonchev–Trinajstić information content (AvgIpc) is 2.58. The molecule has 6 nitrogen and oxygen atoms in total. The van der Waals surface area contributed by atoms with E-state index in [2.05, 4.69) is 11.4 Å². The highest BCUT2D eigenvalue weighted by Gasteiger charge is 2.33. The molecule has 1 aliphatic rings. The lowest BCUT2D eigenvalue weighted by Crippen LogP contribution is -2.33. The zero-order chi connectivity index (χ0) is 13.8. The highest BCUT2D eigenvalue weighted by atomic mass is 16.8. The third kappa shape index (κ3) is 3.87. The van der Waals surface area contributed by atoms with Crippen LogP contribution >= 0.6 is 0 Å². The van der Waals surface area contributed by atoms with Crippen LogP contribution < -0.4 is 0 Å². The van der Waals surface area contributed by atoms with Gasteiger partial charge in [0.05, 0.1) is 0 Å². The minimum Gasteiger partial charge on any atom is -0.432 e. The second-order valence-corrected chi connectivity index (χ2v) is 4.87. The van der Waals surface area contributed by atoms with Gasteiger partial charge in [0.15, 0.2) is 0 Å². The van der Waals surface area contributed by atoms with E-state index >= 15 is 0 Å². The van der Waals surface area contributed by atoms with Gasteiger partial charge in [0.25, 0.3) is 11.8 Å². The van der Waals surface area contributed by atoms with Gasteiger partial charge in [0.1, 0.15) is 6.61 Å². The number of nitrogens with zero attached hydrogens (tertiary/aromatic N) is 1. The molecular formula is C12H17NO5. The summed E-state index contributed by atoms with van der Waals surface area (Å²) >= 11 is 0.